The van der Waals surface area contributed by atoms with Crippen LogP contribution in [0.4, 0.5) is 13.2 Å². The van der Waals surface area contributed by atoms with E-state index in [9.17, 15) is 13.2 Å². The number of hydrogen-bond donors (Lipinski definition) is 0. The van der Waals surface area contributed by atoms with Crippen molar-refractivity contribution in [2.75, 3.05) is 40.5 Å². The average Bonchev–Trinajstić information content (AvgIpc) is 2.43. The molecule has 0 spiro atoms. The predicted octanol–water partition coefficient (Wildman–Crippen LogP) is 1.50. The summed E-state index contributed by atoms with van der Waals surface area (Å²) in [6.45, 7) is 0.0477. The maximum absolute atomic E-state index is 13.9. The highest BCUT2D eigenvalue weighted by atomic mass is 127. The van der Waals surface area contributed by atoms with Crippen LogP contribution in [0.2, 0.25) is 0 Å². The topological polar surface area (TPSA) is 24.9 Å². The van der Waals surface area contributed by atoms with Crippen LogP contribution >= 0.6 is 22.6 Å². The van der Waals surface area contributed by atoms with Gasteiger partial charge >= 0.3 is 6.17 Å². The summed E-state index contributed by atoms with van der Waals surface area (Å²) < 4.78 is 50.2. The minimum atomic E-state index is -3.30. The maximum atomic E-state index is 13.9. The molecule has 8 heteroatoms. The Balaban J connectivity index is 2.73. The molecule has 17 heavy (non-hydrogen) atoms. The molecule has 1 aliphatic heterocycles. The summed E-state index contributed by atoms with van der Waals surface area (Å²) in [6, 6.07) is 0. The summed E-state index contributed by atoms with van der Waals surface area (Å²) >= 11 is 1.68. The number of alkyl halides is 4. The molecule has 4 nitrogen and oxygen atoms in total. The van der Waals surface area contributed by atoms with Crippen molar-refractivity contribution < 1.29 is 22.6 Å². The maximum Gasteiger partial charge on any atom is 0.373 e. The minimum absolute atomic E-state index is 0.0129. The Morgan fingerprint density at radius 1 is 1.12 bits per heavy atom. The van der Waals surface area contributed by atoms with Gasteiger partial charge in [0.1, 0.15) is 4.05 Å². The van der Waals surface area contributed by atoms with Gasteiger partial charge in [0, 0.05) is 27.3 Å². The molecule has 2 unspecified atom stereocenters. The van der Waals surface area contributed by atoms with Crippen molar-refractivity contribution in [3.8, 4) is 0 Å². The second-order valence-electron chi connectivity index (χ2n) is 3.63. The zero-order chi connectivity index (χ0) is 13.1. The van der Waals surface area contributed by atoms with E-state index in [0.29, 0.717) is 4.90 Å². The lowest BCUT2D eigenvalue weighted by Crippen LogP contribution is -2.49. The zero-order valence-electron chi connectivity index (χ0n) is 9.71. The van der Waals surface area contributed by atoms with Gasteiger partial charge in [-0.2, -0.15) is 13.7 Å². The molecule has 1 aliphatic rings. The van der Waals surface area contributed by atoms with Crippen LogP contribution in [0.5, 0.6) is 0 Å². The van der Waals surface area contributed by atoms with Crippen molar-refractivity contribution in [1.82, 2.24) is 9.80 Å². The molecule has 0 aromatic carbocycles. The zero-order valence-corrected chi connectivity index (χ0v) is 11.9. The van der Waals surface area contributed by atoms with Crippen LogP contribution < -0.4 is 0 Å². The molecule has 0 aliphatic carbocycles. The highest BCUT2D eigenvalue weighted by Crippen LogP contribution is 2.40. The van der Waals surface area contributed by atoms with Crippen LogP contribution in [0.1, 0.15) is 0 Å². The number of ether oxygens (including phenoxy) is 2. The molecule has 0 N–H and O–H groups in total. The molecule has 0 bridgehead atoms. The Labute approximate surface area is 112 Å². The van der Waals surface area contributed by atoms with Gasteiger partial charge in [-0.1, -0.05) is 22.6 Å². The van der Waals surface area contributed by atoms with Gasteiger partial charge < -0.3 is 9.47 Å². The lowest BCUT2D eigenvalue weighted by molar-refractivity contribution is -0.226. The molecule has 0 saturated carbocycles. The fourth-order valence-electron chi connectivity index (χ4n) is 1.65. The predicted molar refractivity (Wildman–Crippen MR) is 64.8 cm³/mol. The van der Waals surface area contributed by atoms with E-state index in [0.717, 1.165) is 4.90 Å². The van der Waals surface area contributed by atoms with Crippen molar-refractivity contribution in [1.29, 1.82) is 0 Å². The molecule has 1 heterocycles. The van der Waals surface area contributed by atoms with E-state index in [-0.39, 0.29) is 26.3 Å². The first-order valence-electron chi connectivity index (χ1n) is 5.14. The van der Waals surface area contributed by atoms with Crippen molar-refractivity contribution in [2.45, 2.75) is 16.5 Å². The summed E-state index contributed by atoms with van der Waals surface area (Å²) in [5.74, 6) is 0. The summed E-state index contributed by atoms with van der Waals surface area (Å²) in [5, 5.41) is 0. The first-order valence-corrected chi connectivity index (χ1v) is 6.38. The molecule has 1 saturated heterocycles. The van der Waals surface area contributed by atoms with Crippen LogP contribution in [0.15, 0.2) is 0 Å². The van der Waals surface area contributed by atoms with E-state index in [1.54, 1.807) is 22.6 Å². The fraction of sp³-hybridized carbons (Fsp3) is 1.00. The van der Waals surface area contributed by atoms with Crippen LogP contribution in [0, 0.1) is 0 Å². The number of hydrogen-bond acceptors (Lipinski definition) is 4. The van der Waals surface area contributed by atoms with Crippen molar-refractivity contribution >= 4 is 22.6 Å². The Bertz CT molecular complexity index is 226. The van der Waals surface area contributed by atoms with Gasteiger partial charge in [0.25, 0.3) is 0 Å². The molecule has 2 atom stereocenters. The molecule has 1 rings (SSSR count). The van der Waals surface area contributed by atoms with Gasteiger partial charge in [0.05, 0.1) is 13.2 Å². The van der Waals surface area contributed by atoms with Crippen LogP contribution in [-0.4, -0.2) is 66.8 Å². The summed E-state index contributed by atoms with van der Waals surface area (Å²) in [4.78, 5) is 1.32. The van der Waals surface area contributed by atoms with Gasteiger partial charge in [-0.25, -0.2) is 9.29 Å². The normalized spacial score (nSPS) is 30.0. The van der Waals surface area contributed by atoms with Crippen LogP contribution in [0.25, 0.3) is 0 Å². The van der Waals surface area contributed by atoms with Crippen LogP contribution in [-0.2, 0) is 9.47 Å². The Hall–Kier alpha value is 0.360. The number of halogens is 4. The number of nitrogens with zero attached hydrogens (tertiary/aromatic N) is 2. The molecule has 0 radical (unpaired) electrons. The van der Waals surface area contributed by atoms with Gasteiger partial charge in [-0.05, 0) is 0 Å². The summed E-state index contributed by atoms with van der Waals surface area (Å²) in [5.41, 5.74) is 0. The Kier molecular flexibility index (Phi) is 5.90. The largest absolute Gasteiger partial charge is 0.383 e. The van der Waals surface area contributed by atoms with Gasteiger partial charge in [0.15, 0.2) is 6.30 Å². The van der Waals surface area contributed by atoms with E-state index in [4.69, 9.17) is 9.47 Å². The average molecular weight is 368 g/mol. The quantitative estimate of drug-likeness (QED) is 0.403. The Morgan fingerprint density at radius 2 is 1.59 bits per heavy atom. The number of rotatable bonds is 6. The second-order valence-corrected chi connectivity index (χ2v) is 4.90. The van der Waals surface area contributed by atoms with E-state index in [2.05, 4.69) is 0 Å². The lowest BCUT2D eigenvalue weighted by atomic mass is 10.5. The second kappa shape index (κ2) is 6.50. The van der Waals surface area contributed by atoms with Crippen molar-refractivity contribution in [3.63, 3.8) is 0 Å². The molecule has 0 aromatic heterocycles. The van der Waals surface area contributed by atoms with E-state index in [1.807, 2.05) is 0 Å². The smallest absolute Gasteiger partial charge is 0.373 e. The first kappa shape index (κ1) is 15.4. The SMILES string of the molecule is COCCN1C(F)C(I)N(CCOC)C1(F)F. The van der Waals surface area contributed by atoms with Crippen molar-refractivity contribution in [2.24, 2.45) is 0 Å². The molecule has 102 valence electrons. The third kappa shape index (κ3) is 3.22. The van der Waals surface area contributed by atoms with Gasteiger partial charge in [0.2, 0.25) is 0 Å². The minimum Gasteiger partial charge on any atom is -0.383 e. The molecular formula is C9H16F3IN2O2. The van der Waals surface area contributed by atoms with Crippen molar-refractivity contribution in [3.05, 3.63) is 0 Å². The monoisotopic (exact) mass is 368 g/mol. The van der Waals surface area contributed by atoms with E-state index < -0.39 is 16.5 Å². The van der Waals surface area contributed by atoms with Gasteiger partial charge in [-0.3, -0.25) is 0 Å². The lowest BCUT2D eigenvalue weighted by Gasteiger charge is -2.29. The highest BCUT2D eigenvalue weighted by molar-refractivity contribution is 14.1. The number of methoxy groups -OCH3 is 2. The molecule has 1 fully saturated rings. The first-order chi connectivity index (χ1) is 7.96. The highest BCUT2D eigenvalue weighted by Gasteiger charge is 2.58. The van der Waals surface area contributed by atoms with E-state index in [1.165, 1.54) is 14.2 Å². The standard InChI is InChI=1S/C9H16F3IN2O2/c1-16-5-3-14-7(10)8(13)15(4-6-17-2)9(14,11)12/h7-8H,3-6H2,1-2H3. The summed E-state index contributed by atoms with van der Waals surface area (Å²) in [6.07, 6.45) is -5.01. The van der Waals surface area contributed by atoms with E-state index >= 15 is 0 Å². The fourth-order valence-corrected chi connectivity index (χ4v) is 2.66. The third-order valence-electron chi connectivity index (χ3n) is 2.59. The third-order valence-corrected chi connectivity index (χ3v) is 3.85. The molecular weight excluding hydrogens is 352 g/mol. The van der Waals surface area contributed by atoms with Crippen LogP contribution in [0.3, 0.4) is 0 Å². The molecule has 0 aromatic rings. The van der Waals surface area contributed by atoms with Gasteiger partial charge in [-0.15, -0.1) is 0 Å². The molecule has 0 amide bonds. The summed E-state index contributed by atoms with van der Waals surface area (Å²) in [7, 11) is 2.82. The Morgan fingerprint density at radius 3 is 2.06 bits per heavy atom.